The van der Waals surface area contributed by atoms with Crippen LogP contribution < -0.4 is 0 Å². The Labute approximate surface area is 126 Å². The Kier molecular flexibility index (Phi) is 7.53. The van der Waals surface area contributed by atoms with Gasteiger partial charge in [-0.3, -0.25) is 9.69 Å². The average molecular weight is 323 g/mol. The van der Waals surface area contributed by atoms with E-state index >= 15 is 0 Å². The zero-order chi connectivity index (χ0) is 15.9. The highest BCUT2D eigenvalue weighted by Crippen LogP contribution is 2.11. The molecule has 0 saturated carbocycles. The van der Waals surface area contributed by atoms with E-state index in [1.165, 1.54) is 11.4 Å². The van der Waals surface area contributed by atoms with Crippen molar-refractivity contribution < 1.29 is 23.1 Å². The lowest BCUT2D eigenvalue weighted by Gasteiger charge is -2.26. The highest BCUT2D eigenvalue weighted by Gasteiger charge is 2.28. The van der Waals surface area contributed by atoms with Gasteiger partial charge < -0.3 is 9.84 Å². The summed E-state index contributed by atoms with van der Waals surface area (Å²) in [6.07, 6.45) is 0.569. The van der Waals surface area contributed by atoms with E-state index in [1.54, 1.807) is 7.11 Å². The van der Waals surface area contributed by atoms with Crippen LogP contribution in [0.2, 0.25) is 0 Å². The van der Waals surface area contributed by atoms with Crippen LogP contribution in [0.15, 0.2) is 0 Å². The van der Waals surface area contributed by atoms with Gasteiger partial charge in [0.25, 0.3) is 10.2 Å². The van der Waals surface area contributed by atoms with E-state index in [0.29, 0.717) is 26.2 Å². The van der Waals surface area contributed by atoms with Crippen LogP contribution in [0.4, 0.5) is 0 Å². The summed E-state index contributed by atoms with van der Waals surface area (Å²) in [4.78, 5) is 12.7. The molecule has 0 radical (unpaired) electrons. The molecule has 0 bridgehead atoms. The van der Waals surface area contributed by atoms with Crippen molar-refractivity contribution in [3.05, 3.63) is 0 Å². The number of hydrogen-bond donors (Lipinski definition) is 1. The first-order chi connectivity index (χ1) is 9.87. The van der Waals surface area contributed by atoms with Crippen LogP contribution in [-0.4, -0.2) is 93.0 Å². The molecule has 0 amide bonds. The Morgan fingerprint density at radius 2 is 2.00 bits per heavy atom. The minimum Gasteiger partial charge on any atom is -0.481 e. The molecule has 0 aromatic heterocycles. The maximum absolute atomic E-state index is 12.4. The number of methoxy groups -OCH3 is 1. The summed E-state index contributed by atoms with van der Waals surface area (Å²) in [6.45, 7) is 3.79. The van der Waals surface area contributed by atoms with E-state index in [9.17, 15) is 13.2 Å². The standard InChI is InChI=1S/C12H25N3O5S/c1-13(7-4-12(16)17)21(18,19)15-6-3-5-14(8-9-15)10-11-20-2/h3-11H2,1-2H3,(H,16,17). The van der Waals surface area contributed by atoms with Crippen molar-refractivity contribution in [1.29, 1.82) is 0 Å². The number of aliphatic carboxylic acids is 1. The van der Waals surface area contributed by atoms with Gasteiger partial charge in [0, 0.05) is 46.9 Å². The summed E-state index contributed by atoms with van der Waals surface area (Å²) < 4.78 is 32.4. The molecule has 21 heavy (non-hydrogen) atoms. The molecule has 124 valence electrons. The number of carbonyl (C=O) groups is 1. The predicted octanol–water partition coefficient (Wildman–Crippen LogP) is -0.708. The monoisotopic (exact) mass is 323 g/mol. The Bertz CT molecular complexity index is 429. The smallest absolute Gasteiger partial charge is 0.304 e. The zero-order valence-corrected chi connectivity index (χ0v) is 13.5. The van der Waals surface area contributed by atoms with Gasteiger partial charge in [0.2, 0.25) is 0 Å². The van der Waals surface area contributed by atoms with Gasteiger partial charge in [-0.2, -0.15) is 17.0 Å². The summed E-state index contributed by atoms with van der Waals surface area (Å²) in [5.74, 6) is -1.00. The normalized spacial score (nSPS) is 18.8. The lowest BCUT2D eigenvalue weighted by atomic mass is 10.4. The minimum atomic E-state index is -3.58. The van der Waals surface area contributed by atoms with Crippen molar-refractivity contribution >= 4 is 16.2 Å². The van der Waals surface area contributed by atoms with Crippen molar-refractivity contribution in [2.45, 2.75) is 12.8 Å². The van der Waals surface area contributed by atoms with Crippen LogP contribution in [0.5, 0.6) is 0 Å². The van der Waals surface area contributed by atoms with Gasteiger partial charge in [0.15, 0.2) is 0 Å². The third-order valence-electron chi connectivity index (χ3n) is 3.52. The summed E-state index contributed by atoms with van der Waals surface area (Å²) in [6, 6.07) is 0. The molecule has 0 atom stereocenters. The fourth-order valence-electron chi connectivity index (χ4n) is 2.19. The zero-order valence-electron chi connectivity index (χ0n) is 12.7. The Balaban J connectivity index is 2.56. The number of ether oxygens (including phenoxy) is 1. The summed E-state index contributed by atoms with van der Waals surface area (Å²) in [5, 5.41) is 8.65. The maximum Gasteiger partial charge on any atom is 0.304 e. The number of nitrogens with zero attached hydrogens (tertiary/aromatic N) is 3. The third-order valence-corrected chi connectivity index (χ3v) is 5.51. The van der Waals surface area contributed by atoms with Crippen molar-refractivity contribution in [3.63, 3.8) is 0 Å². The molecule has 1 aliphatic heterocycles. The molecule has 9 heteroatoms. The summed E-state index contributed by atoms with van der Waals surface area (Å²) in [5.41, 5.74) is 0. The van der Waals surface area contributed by atoms with Crippen LogP contribution in [-0.2, 0) is 19.7 Å². The van der Waals surface area contributed by atoms with E-state index < -0.39 is 16.2 Å². The highest BCUT2D eigenvalue weighted by molar-refractivity contribution is 7.86. The van der Waals surface area contributed by atoms with Crippen LogP contribution in [0.25, 0.3) is 0 Å². The molecule has 0 aromatic carbocycles. The topological polar surface area (TPSA) is 90.4 Å². The molecule has 0 aromatic rings. The van der Waals surface area contributed by atoms with Crippen LogP contribution >= 0.6 is 0 Å². The second-order valence-electron chi connectivity index (χ2n) is 5.06. The first-order valence-corrected chi connectivity index (χ1v) is 8.42. The van der Waals surface area contributed by atoms with Gasteiger partial charge >= 0.3 is 5.97 Å². The third kappa shape index (κ3) is 5.87. The molecule has 1 saturated heterocycles. The predicted molar refractivity (Wildman–Crippen MR) is 78.3 cm³/mol. The molecular formula is C12H25N3O5S. The van der Waals surface area contributed by atoms with Gasteiger partial charge in [-0.05, 0) is 13.0 Å². The molecule has 0 aliphatic carbocycles. The molecule has 1 heterocycles. The minimum absolute atomic E-state index is 0.0123. The SMILES string of the molecule is COCCN1CCCN(S(=O)(=O)N(C)CCC(=O)O)CC1. The maximum atomic E-state index is 12.4. The van der Waals surface area contributed by atoms with E-state index in [0.717, 1.165) is 23.8 Å². The number of rotatable bonds is 8. The summed E-state index contributed by atoms with van der Waals surface area (Å²) >= 11 is 0. The highest BCUT2D eigenvalue weighted by atomic mass is 32.2. The fraction of sp³-hybridized carbons (Fsp3) is 0.917. The lowest BCUT2D eigenvalue weighted by molar-refractivity contribution is -0.137. The second-order valence-corrected chi connectivity index (χ2v) is 7.10. The largest absolute Gasteiger partial charge is 0.481 e. The van der Waals surface area contributed by atoms with Gasteiger partial charge in [0.1, 0.15) is 0 Å². The fourth-order valence-corrected chi connectivity index (χ4v) is 3.58. The second kappa shape index (κ2) is 8.64. The Morgan fingerprint density at radius 1 is 1.29 bits per heavy atom. The molecular weight excluding hydrogens is 298 g/mol. The molecule has 1 fully saturated rings. The van der Waals surface area contributed by atoms with Crippen LogP contribution in [0.1, 0.15) is 12.8 Å². The first kappa shape index (κ1) is 18.3. The van der Waals surface area contributed by atoms with Crippen LogP contribution in [0.3, 0.4) is 0 Å². The number of hydrogen-bond acceptors (Lipinski definition) is 5. The van der Waals surface area contributed by atoms with Gasteiger partial charge in [-0.25, -0.2) is 0 Å². The average Bonchev–Trinajstić information content (AvgIpc) is 2.68. The van der Waals surface area contributed by atoms with E-state index in [2.05, 4.69) is 4.90 Å². The molecule has 1 rings (SSSR count). The number of carboxylic acids is 1. The van der Waals surface area contributed by atoms with Crippen molar-refractivity contribution in [3.8, 4) is 0 Å². The van der Waals surface area contributed by atoms with Gasteiger partial charge in [0.05, 0.1) is 13.0 Å². The van der Waals surface area contributed by atoms with Gasteiger partial charge in [-0.15, -0.1) is 0 Å². The molecule has 8 nitrogen and oxygen atoms in total. The summed E-state index contributed by atoms with van der Waals surface area (Å²) in [7, 11) is -0.512. The van der Waals surface area contributed by atoms with Crippen molar-refractivity contribution in [1.82, 2.24) is 13.5 Å². The lowest BCUT2D eigenvalue weighted by Crippen LogP contribution is -2.44. The quantitative estimate of drug-likeness (QED) is 0.635. The van der Waals surface area contributed by atoms with E-state index in [4.69, 9.17) is 9.84 Å². The molecule has 0 spiro atoms. The molecule has 1 N–H and O–H groups in total. The Hall–Kier alpha value is -0.740. The molecule has 0 unspecified atom stereocenters. The number of carboxylic acid groups (broad SMARTS) is 1. The van der Waals surface area contributed by atoms with Gasteiger partial charge in [-0.1, -0.05) is 0 Å². The Morgan fingerprint density at radius 3 is 2.62 bits per heavy atom. The first-order valence-electron chi connectivity index (χ1n) is 7.02. The molecule has 1 aliphatic rings. The van der Waals surface area contributed by atoms with E-state index in [1.807, 2.05) is 0 Å². The van der Waals surface area contributed by atoms with Crippen molar-refractivity contribution in [2.75, 3.05) is 60.0 Å². The van der Waals surface area contributed by atoms with Crippen LogP contribution in [0, 0.1) is 0 Å². The van der Waals surface area contributed by atoms with Crippen molar-refractivity contribution in [2.24, 2.45) is 0 Å². The van der Waals surface area contributed by atoms with E-state index in [-0.39, 0.29) is 13.0 Å².